The van der Waals surface area contributed by atoms with E-state index >= 15 is 0 Å². The number of benzene rings is 1. The first-order valence-corrected chi connectivity index (χ1v) is 12.8. The van der Waals surface area contributed by atoms with E-state index < -0.39 is 0 Å². The zero-order chi connectivity index (χ0) is 24.3. The number of methoxy groups -OCH3 is 1. The van der Waals surface area contributed by atoms with Crippen LogP contribution in [0.4, 0.5) is 0 Å². The second-order valence-corrected chi connectivity index (χ2v) is 10.8. The third-order valence-electron chi connectivity index (χ3n) is 6.58. The van der Waals surface area contributed by atoms with Gasteiger partial charge in [0.15, 0.2) is 0 Å². The summed E-state index contributed by atoms with van der Waals surface area (Å²) in [6.07, 6.45) is 7.39. The van der Waals surface area contributed by atoms with Gasteiger partial charge in [-0.15, -0.1) is 0 Å². The highest BCUT2D eigenvalue weighted by atomic mass is 35.5. The average Bonchev–Trinajstić information content (AvgIpc) is 2.76. The molecule has 3 unspecified atom stereocenters. The van der Waals surface area contributed by atoms with E-state index in [1.807, 2.05) is 12.1 Å². The molecule has 3 atom stereocenters. The van der Waals surface area contributed by atoms with Gasteiger partial charge < -0.3 is 25.4 Å². The lowest BCUT2D eigenvalue weighted by molar-refractivity contribution is 0.101. The predicted octanol–water partition coefficient (Wildman–Crippen LogP) is 4.83. The molecule has 1 aliphatic heterocycles. The number of nitrogens with one attached hydrogen (secondary N) is 3. The van der Waals surface area contributed by atoms with Crippen LogP contribution >= 0.6 is 11.6 Å². The van der Waals surface area contributed by atoms with Crippen LogP contribution in [0.2, 0.25) is 5.02 Å². The highest BCUT2D eigenvalue weighted by molar-refractivity contribution is 6.32. The van der Waals surface area contributed by atoms with Gasteiger partial charge in [0.1, 0.15) is 5.75 Å². The third-order valence-corrected chi connectivity index (χ3v) is 6.88. The van der Waals surface area contributed by atoms with Gasteiger partial charge in [-0.3, -0.25) is 0 Å². The number of halogens is 1. The van der Waals surface area contributed by atoms with E-state index in [1.165, 1.54) is 5.56 Å². The highest BCUT2D eigenvalue weighted by Crippen LogP contribution is 2.25. The van der Waals surface area contributed by atoms with Crippen LogP contribution in [0.1, 0.15) is 53.0 Å². The van der Waals surface area contributed by atoms with Crippen molar-refractivity contribution >= 4 is 11.6 Å². The van der Waals surface area contributed by atoms with Crippen LogP contribution in [0.25, 0.3) is 0 Å². The standard InChI is InChI=1S/C27H46ClN3O2/c1-20(2)14-24-18-33-13-9-7-8-12-29-23(17-30-21(3)27(4,5)19-31-24)15-22-10-11-26(32-6)25(28)16-22/h7-8,10-11,16,20-21,23-24,29-31H,9,12-15,17-19H2,1-6H3. The van der Waals surface area contributed by atoms with Gasteiger partial charge in [-0.05, 0) is 55.2 Å². The summed E-state index contributed by atoms with van der Waals surface area (Å²) in [6.45, 7) is 15.7. The molecule has 1 heterocycles. The topological polar surface area (TPSA) is 54.5 Å². The maximum absolute atomic E-state index is 6.37. The summed E-state index contributed by atoms with van der Waals surface area (Å²) < 4.78 is 11.3. The van der Waals surface area contributed by atoms with Crippen molar-refractivity contribution in [3.05, 3.63) is 40.9 Å². The molecule has 3 N–H and O–H groups in total. The molecule has 0 radical (unpaired) electrons. The fourth-order valence-electron chi connectivity index (χ4n) is 4.09. The zero-order valence-corrected chi connectivity index (χ0v) is 22.3. The van der Waals surface area contributed by atoms with Crippen molar-refractivity contribution in [2.24, 2.45) is 11.3 Å². The van der Waals surface area contributed by atoms with Gasteiger partial charge in [0.2, 0.25) is 0 Å². The summed E-state index contributed by atoms with van der Waals surface area (Å²) in [5.41, 5.74) is 1.32. The molecule has 1 aliphatic rings. The van der Waals surface area contributed by atoms with E-state index in [0.29, 0.717) is 34.8 Å². The lowest BCUT2D eigenvalue weighted by Crippen LogP contribution is -2.51. The van der Waals surface area contributed by atoms with Crippen molar-refractivity contribution in [3.8, 4) is 5.75 Å². The van der Waals surface area contributed by atoms with Crippen molar-refractivity contribution < 1.29 is 9.47 Å². The molecule has 0 aromatic heterocycles. The van der Waals surface area contributed by atoms with Crippen LogP contribution in [-0.2, 0) is 11.2 Å². The second kappa shape index (κ2) is 14.3. The molecule has 0 bridgehead atoms. The van der Waals surface area contributed by atoms with E-state index in [4.69, 9.17) is 21.1 Å². The summed E-state index contributed by atoms with van der Waals surface area (Å²) in [5.74, 6) is 1.36. The molecule has 1 aromatic carbocycles. The Hall–Kier alpha value is -1.11. The van der Waals surface area contributed by atoms with Crippen LogP contribution in [0.5, 0.6) is 5.75 Å². The van der Waals surface area contributed by atoms with Crippen LogP contribution < -0.4 is 20.7 Å². The smallest absolute Gasteiger partial charge is 0.137 e. The van der Waals surface area contributed by atoms with Crippen LogP contribution in [0.3, 0.4) is 0 Å². The minimum absolute atomic E-state index is 0.111. The molecule has 0 fully saturated rings. The molecule has 188 valence electrons. The fraction of sp³-hybridized carbons (Fsp3) is 0.704. The molecule has 6 heteroatoms. The summed E-state index contributed by atoms with van der Waals surface area (Å²) in [4.78, 5) is 0. The van der Waals surface area contributed by atoms with Crippen LogP contribution in [0, 0.1) is 11.3 Å². The average molecular weight is 480 g/mol. The van der Waals surface area contributed by atoms with Gasteiger partial charge in [0.25, 0.3) is 0 Å². The monoisotopic (exact) mass is 479 g/mol. The molecule has 2 rings (SSSR count). The Morgan fingerprint density at radius 3 is 2.64 bits per heavy atom. The Morgan fingerprint density at radius 1 is 1.15 bits per heavy atom. The largest absolute Gasteiger partial charge is 0.495 e. The fourth-order valence-corrected chi connectivity index (χ4v) is 4.37. The molecular formula is C27H46ClN3O2. The summed E-state index contributed by atoms with van der Waals surface area (Å²) in [5, 5.41) is 12.0. The third kappa shape index (κ3) is 10.4. The van der Waals surface area contributed by atoms with Gasteiger partial charge in [-0.25, -0.2) is 0 Å². The van der Waals surface area contributed by atoms with Crippen molar-refractivity contribution in [2.75, 3.05) is 40.0 Å². The van der Waals surface area contributed by atoms with Gasteiger partial charge in [-0.1, -0.05) is 57.5 Å². The molecule has 33 heavy (non-hydrogen) atoms. The normalized spacial score (nSPS) is 25.8. The highest BCUT2D eigenvalue weighted by Gasteiger charge is 2.27. The van der Waals surface area contributed by atoms with Crippen molar-refractivity contribution in [1.82, 2.24) is 16.0 Å². The summed E-state index contributed by atoms with van der Waals surface area (Å²) >= 11 is 6.37. The predicted molar refractivity (Wildman–Crippen MR) is 141 cm³/mol. The number of hydrogen-bond donors (Lipinski definition) is 3. The van der Waals surface area contributed by atoms with Crippen molar-refractivity contribution in [3.63, 3.8) is 0 Å². The molecule has 0 spiro atoms. The summed E-state index contributed by atoms with van der Waals surface area (Å²) in [6, 6.07) is 7.11. The Kier molecular flexibility index (Phi) is 12.2. The molecule has 0 aliphatic carbocycles. The van der Waals surface area contributed by atoms with E-state index in [1.54, 1.807) is 7.11 Å². The first-order valence-electron chi connectivity index (χ1n) is 12.5. The molecule has 0 saturated carbocycles. The van der Waals surface area contributed by atoms with Crippen LogP contribution in [0.15, 0.2) is 30.4 Å². The molecule has 5 nitrogen and oxygen atoms in total. The first-order chi connectivity index (χ1) is 15.7. The quantitative estimate of drug-likeness (QED) is 0.528. The van der Waals surface area contributed by atoms with Crippen LogP contribution in [-0.4, -0.2) is 58.1 Å². The van der Waals surface area contributed by atoms with Crippen molar-refractivity contribution in [1.29, 1.82) is 0 Å². The number of hydrogen-bond acceptors (Lipinski definition) is 5. The number of rotatable bonds is 5. The Bertz CT molecular complexity index is 723. The maximum atomic E-state index is 6.37. The summed E-state index contributed by atoms with van der Waals surface area (Å²) in [7, 11) is 1.65. The van der Waals surface area contributed by atoms with E-state index in [9.17, 15) is 0 Å². The second-order valence-electron chi connectivity index (χ2n) is 10.4. The molecular weight excluding hydrogens is 434 g/mol. The maximum Gasteiger partial charge on any atom is 0.137 e. The van der Waals surface area contributed by atoms with E-state index in [-0.39, 0.29) is 5.41 Å². The minimum atomic E-state index is 0.111. The lowest BCUT2D eigenvalue weighted by atomic mass is 9.84. The lowest BCUT2D eigenvalue weighted by Gasteiger charge is -2.36. The number of ether oxygens (including phenoxy) is 2. The first kappa shape index (κ1) is 28.1. The minimum Gasteiger partial charge on any atom is -0.495 e. The van der Waals surface area contributed by atoms with E-state index in [2.05, 4.69) is 68.8 Å². The van der Waals surface area contributed by atoms with Gasteiger partial charge in [-0.2, -0.15) is 0 Å². The van der Waals surface area contributed by atoms with Gasteiger partial charge in [0, 0.05) is 37.8 Å². The Balaban J connectivity index is 2.07. The molecule has 0 saturated heterocycles. The van der Waals surface area contributed by atoms with Crippen molar-refractivity contribution in [2.45, 2.75) is 72.0 Å². The molecule has 0 amide bonds. The van der Waals surface area contributed by atoms with E-state index in [0.717, 1.165) is 52.1 Å². The SMILES string of the molecule is COc1ccc(CC2CNC(C)C(C)(C)CNC(CC(C)C)COCCC=CCN2)cc1Cl. The van der Waals surface area contributed by atoms with Gasteiger partial charge in [0.05, 0.1) is 25.3 Å². The Labute approximate surface area is 207 Å². The van der Waals surface area contributed by atoms with Gasteiger partial charge >= 0.3 is 0 Å². The molecule has 1 aromatic rings. The Morgan fingerprint density at radius 2 is 1.94 bits per heavy atom. The zero-order valence-electron chi connectivity index (χ0n) is 21.5.